The van der Waals surface area contributed by atoms with Crippen LogP contribution in [0, 0.1) is 0 Å². The van der Waals surface area contributed by atoms with E-state index in [2.05, 4.69) is 0 Å². The number of thioether (sulfide) groups is 1. The van der Waals surface area contributed by atoms with E-state index in [-0.39, 0.29) is 12.5 Å². The number of aliphatic carboxylic acids is 1. The fourth-order valence-corrected chi connectivity index (χ4v) is 3.19. The highest BCUT2D eigenvalue weighted by Crippen LogP contribution is 2.29. The van der Waals surface area contributed by atoms with Crippen LogP contribution in [0.5, 0.6) is 5.75 Å². The van der Waals surface area contributed by atoms with Crippen molar-refractivity contribution >= 4 is 29.3 Å². The molecule has 1 saturated heterocycles. The molecule has 0 saturated carbocycles. The summed E-state index contributed by atoms with van der Waals surface area (Å²) in [7, 11) is 0. The van der Waals surface area contributed by atoms with Crippen molar-refractivity contribution in [3.63, 3.8) is 0 Å². The van der Waals surface area contributed by atoms with Crippen LogP contribution in [0.1, 0.15) is 18.4 Å². The second kappa shape index (κ2) is 6.34. The fourth-order valence-electron chi connectivity index (χ4n) is 1.91. The molecule has 1 heterocycles. The average molecular weight is 287 g/mol. The van der Waals surface area contributed by atoms with Gasteiger partial charge in [0.2, 0.25) is 0 Å². The normalized spacial score (nSPS) is 19.5. The maximum absolute atomic E-state index is 10.6. The van der Waals surface area contributed by atoms with E-state index in [4.69, 9.17) is 21.4 Å². The van der Waals surface area contributed by atoms with Gasteiger partial charge in [-0.25, -0.2) is 0 Å². The molecule has 0 aliphatic carbocycles. The van der Waals surface area contributed by atoms with Crippen molar-refractivity contribution in [3.05, 3.63) is 28.8 Å². The Morgan fingerprint density at radius 1 is 1.56 bits per heavy atom. The first-order valence-electron chi connectivity index (χ1n) is 5.90. The summed E-state index contributed by atoms with van der Waals surface area (Å²) in [4.78, 5) is 10.6. The average Bonchev–Trinajstić information content (AvgIpc) is 2.33. The summed E-state index contributed by atoms with van der Waals surface area (Å²) < 4.78 is 5.85. The Morgan fingerprint density at radius 2 is 2.39 bits per heavy atom. The number of benzene rings is 1. The summed E-state index contributed by atoms with van der Waals surface area (Å²) in [5.74, 6) is 1.99. The Morgan fingerprint density at radius 3 is 3.00 bits per heavy atom. The first kappa shape index (κ1) is 13.6. The molecule has 0 spiro atoms. The molecule has 1 N–H and O–H groups in total. The zero-order valence-corrected chi connectivity index (χ0v) is 11.5. The van der Waals surface area contributed by atoms with Crippen LogP contribution in [0.25, 0.3) is 0 Å². The maximum atomic E-state index is 10.6. The minimum atomic E-state index is -0.858. The molecule has 2 rings (SSSR count). The molecule has 1 aliphatic rings. The van der Waals surface area contributed by atoms with E-state index in [1.807, 2.05) is 11.8 Å². The number of carbonyl (C=O) groups is 1. The molecule has 1 unspecified atom stereocenters. The molecule has 0 bridgehead atoms. The number of hydrogen-bond donors (Lipinski definition) is 1. The third-order valence-corrected chi connectivity index (χ3v) is 4.24. The fraction of sp³-hybridized carbons (Fsp3) is 0.462. The Labute approximate surface area is 115 Å². The molecule has 1 fully saturated rings. The van der Waals surface area contributed by atoms with Crippen molar-refractivity contribution in [1.82, 2.24) is 0 Å². The van der Waals surface area contributed by atoms with Crippen LogP contribution in [-0.2, 0) is 11.2 Å². The summed E-state index contributed by atoms with van der Waals surface area (Å²) in [6.07, 6.45) is 2.43. The van der Waals surface area contributed by atoms with E-state index in [1.165, 1.54) is 12.2 Å². The van der Waals surface area contributed by atoms with Gasteiger partial charge in [-0.1, -0.05) is 17.7 Å². The van der Waals surface area contributed by atoms with Gasteiger partial charge in [-0.3, -0.25) is 4.79 Å². The van der Waals surface area contributed by atoms with Gasteiger partial charge in [-0.2, -0.15) is 11.8 Å². The van der Waals surface area contributed by atoms with Gasteiger partial charge in [0.05, 0.1) is 11.4 Å². The Kier molecular flexibility index (Phi) is 4.78. The summed E-state index contributed by atoms with van der Waals surface area (Å²) in [5.41, 5.74) is 0.692. The number of carboxylic acid groups (broad SMARTS) is 1. The number of ether oxygens (including phenoxy) is 1. The highest BCUT2D eigenvalue weighted by atomic mass is 35.5. The lowest BCUT2D eigenvalue weighted by Gasteiger charge is -2.23. The SMILES string of the molecule is O=C(O)Cc1ccc(OC2CCCSC2)c(Cl)c1. The van der Waals surface area contributed by atoms with E-state index in [0.717, 1.165) is 12.2 Å². The van der Waals surface area contributed by atoms with Gasteiger partial charge in [-0.05, 0) is 36.3 Å². The quantitative estimate of drug-likeness (QED) is 0.923. The molecular weight excluding hydrogens is 272 g/mol. The van der Waals surface area contributed by atoms with E-state index in [9.17, 15) is 4.79 Å². The molecule has 0 aromatic heterocycles. The van der Waals surface area contributed by atoms with Gasteiger partial charge < -0.3 is 9.84 Å². The van der Waals surface area contributed by atoms with Gasteiger partial charge >= 0.3 is 5.97 Å². The number of hydrogen-bond acceptors (Lipinski definition) is 3. The van der Waals surface area contributed by atoms with Crippen LogP contribution in [0.15, 0.2) is 18.2 Å². The largest absolute Gasteiger partial charge is 0.488 e. The molecular formula is C13H15ClO3S. The molecule has 0 amide bonds. The molecule has 1 atom stereocenters. The van der Waals surface area contributed by atoms with Gasteiger partial charge in [-0.15, -0.1) is 0 Å². The molecule has 5 heteroatoms. The van der Waals surface area contributed by atoms with E-state index in [0.29, 0.717) is 16.3 Å². The molecule has 1 aromatic rings. The second-order valence-electron chi connectivity index (χ2n) is 4.29. The Bertz CT molecular complexity index is 430. The van der Waals surface area contributed by atoms with Crippen LogP contribution < -0.4 is 4.74 Å². The number of halogens is 1. The third kappa shape index (κ3) is 3.82. The van der Waals surface area contributed by atoms with Crippen molar-refractivity contribution in [2.24, 2.45) is 0 Å². The zero-order valence-electron chi connectivity index (χ0n) is 9.89. The van der Waals surface area contributed by atoms with Gasteiger partial charge in [0, 0.05) is 5.75 Å². The van der Waals surface area contributed by atoms with Crippen LogP contribution in [0.3, 0.4) is 0 Å². The monoisotopic (exact) mass is 286 g/mol. The lowest BCUT2D eigenvalue weighted by molar-refractivity contribution is -0.136. The minimum absolute atomic E-state index is 0.0146. The van der Waals surface area contributed by atoms with Crippen LogP contribution in [0.2, 0.25) is 5.02 Å². The predicted octanol–water partition coefficient (Wildman–Crippen LogP) is 3.24. The van der Waals surface area contributed by atoms with Crippen LogP contribution in [0.4, 0.5) is 0 Å². The lowest BCUT2D eigenvalue weighted by atomic mass is 10.1. The number of carboxylic acids is 1. The van der Waals surface area contributed by atoms with Gasteiger partial charge in [0.1, 0.15) is 11.9 Å². The molecule has 3 nitrogen and oxygen atoms in total. The van der Waals surface area contributed by atoms with Crippen molar-refractivity contribution in [2.75, 3.05) is 11.5 Å². The van der Waals surface area contributed by atoms with E-state index >= 15 is 0 Å². The standard InChI is InChI=1S/C13H15ClO3S/c14-11-6-9(7-13(15)16)3-4-12(11)17-10-2-1-5-18-8-10/h3-4,6,10H,1-2,5,7-8H2,(H,15,16). The number of rotatable bonds is 4. The first-order chi connectivity index (χ1) is 8.65. The summed E-state index contributed by atoms with van der Waals surface area (Å²) in [6.45, 7) is 0. The van der Waals surface area contributed by atoms with Crippen molar-refractivity contribution in [1.29, 1.82) is 0 Å². The van der Waals surface area contributed by atoms with Crippen molar-refractivity contribution in [2.45, 2.75) is 25.4 Å². The summed E-state index contributed by atoms with van der Waals surface area (Å²) in [5, 5.41) is 9.20. The lowest BCUT2D eigenvalue weighted by Crippen LogP contribution is -2.23. The van der Waals surface area contributed by atoms with Crippen LogP contribution >= 0.6 is 23.4 Å². The minimum Gasteiger partial charge on any atom is -0.488 e. The van der Waals surface area contributed by atoms with Crippen LogP contribution in [-0.4, -0.2) is 28.7 Å². The molecule has 1 aromatic carbocycles. The Balaban J connectivity index is 2.02. The predicted molar refractivity (Wildman–Crippen MR) is 73.8 cm³/mol. The first-order valence-corrected chi connectivity index (χ1v) is 7.43. The summed E-state index contributed by atoms with van der Waals surface area (Å²) >= 11 is 8.00. The van der Waals surface area contributed by atoms with E-state index in [1.54, 1.807) is 18.2 Å². The molecule has 18 heavy (non-hydrogen) atoms. The highest BCUT2D eigenvalue weighted by molar-refractivity contribution is 7.99. The van der Waals surface area contributed by atoms with Gasteiger partial charge in [0.25, 0.3) is 0 Å². The summed E-state index contributed by atoms with van der Waals surface area (Å²) in [6, 6.07) is 5.19. The van der Waals surface area contributed by atoms with Crippen molar-refractivity contribution in [3.8, 4) is 5.75 Å². The second-order valence-corrected chi connectivity index (χ2v) is 5.85. The third-order valence-electron chi connectivity index (χ3n) is 2.76. The zero-order chi connectivity index (χ0) is 13.0. The Hall–Kier alpha value is -0.870. The van der Waals surface area contributed by atoms with E-state index < -0.39 is 5.97 Å². The van der Waals surface area contributed by atoms with Crippen molar-refractivity contribution < 1.29 is 14.6 Å². The topological polar surface area (TPSA) is 46.5 Å². The highest BCUT2D eigenvalue weighted by Gasteiger charge is 2.16. The molecule has 0 radical (unpaired) electrons. The maximum Gasteiger partial charge on any atom is 0.307 e. The molecule has 98 valence electrons. The molecule has 1 aliphatic heterocycles. The smallest absolute Gasteiger partial charge is 0.307 e. The van der Waals surface area contributed by atoms with Gasteiger partial charge in [0.15, 0.2) is 0 Å².